The highest BCUT2D eigenvalue weighted by atomic mass is 35.5. The van der Waals surface area contributed by atoms with Crippen LogP contribution in [0.5, 0.6) is 0 Å². The van der Waals surface area contributed by atoms with Crippen LogP contribution in [0.1, 0.15) is 24.0 Å². The molecule has 0 atom stereocenters. The highest BCUT2D eigenvalue weighted by Gasteiger charge is 2.44. The number of aliphatic imine (C=N–C) groups is 1. The van der Waals surface area contributed by atoms with Crippen molar-refractivity contribution in [2.45, 2.75) is 24.8 Å². The molecule has 0 radical (unpaired) electrons. The third kappa shape index (κ3) is 4.28. The fourth-order valence-corrected chi connectivity index (χ4v) is 3.35. The lowest BCUT2D eigenvalue weighted by Crippen LogP contribution is -2.41. The van der Waals surface area contributed by atoms with Crippen molar-refractivity contribution >= 4 is 23.4 Å². The Labute approximate surface area is 160 Å². The first kappa shape index (κ1) is 18.5. The quantitative estimate of drug-likeness (QED) is 0.604. The first-order chi connectivity index (χ1) is 12.5. The summed E-state index contributed by atoms with van der Waals surface area (Å²) < 4.78 is 0. The van der Waals surface area contributed by atoms with Crippen LogP contribution in [0, 0.1) is 0 Å². The molecule has 138 valence electrons. The van der Waals surface area contributed by atoms with E-state index in [1.165, 1.54) is 18.4 Å². The van der Waals surface area contributed by atoms with E-state index in [1.54, 1.807) is 7.05 Å². The van der Waals surface area contributed by atoms with Crippen LogP contribution >= 0.6 is 11.6 Å². The van der Waals surface area contributed by atoms with E-state index in [1.807, 2.05) is 43.4 Å². The Bertz CT molecular complexity index is 783. The maximum Gasteiger partial charge on any atom is 0.191 e. The molecule has 0 aliphatic heterocycles. The Morgan fingerprint density at radius 1 is 1.23 bits per heavy atom. The van der Waals surface area contributed by atoms with E-state index >= 15 is 0 Å². The number of benzene rings is 1. The lowest BCUT2D eigenvalue weighted by Gasteiger charge is -2.20. The van der Waals surface area contributed by atoms with Crippen molar-refractivity contribution in [1.29, 1.82) is 0 Å². The number of hydrogen-bond donors (Lipinski definition) is 2. The Kier molecular flexibility index (Phi) is 5.67. The van der Waals surface area contributed by atoms with Crippen LogP contribution < -0.4 is 15.5 Å². The zero-order valence-corrected chi connectivity index (χ0v) is 16.3. The van der Waals surface area contributed by atoms with Gasteiger partial charge in [0.05, 0.1) is 0 Å². The number of hydrogen-bond acceptors (Lipinski definition) is 3. The average molecular weight is 372 g/mol. The van der Waals surface area contributed by atoms with Crippen LogP contribution in [0.2, 0.25) is 5.02 Å². The van der Waals surface area contributed by atoms with Gasteiger partial charge in [0.15, 0.2) is 5.96 Å². The van der Waals surface area contributed by atoms with Gasteiger partial charge in [0.25, 0.3) is 0 Å². The Balaban J connectivity index is 1.59. The minimum Gasteiger partial charge on any atom is -0.362 e. The fourth-order valence-electron chi connectivity index (χ4n) is 3.16. The lowest BCUT2D eigenvalue weighted by atomic mass is 9.96. The monoisotopic (exact) mass is 371 g/mol. The molecule has 1 aromatic carbocycles. The third-order valence-corrected chi connectivity index (χ3v) is 5.08. The highest BCUT2D eigenvalue weighted by Crippen LogP contribution is 2.48. The van der Waals surface area contributed by atoms with E-state index in [2.05, 4.69) is 38.8 Å². The number of nitrogens with one attached hydrogen (secondary N) is 2. The molecular formula is C20H26ClN5. The van der Waals surface area contributed by atoms with Gasteiger partial charge in [0.2, 0.25) is 0 Å². The van der Waals surface area contributed by atoms with Crippen molar-refractivity contribution < 1.29 is 0 Å². The smallest absolute Gasteiger partial charge is 0.191 e. The molecule has 0 spiro atoms. The Hall–Kier alpha value is -2.27. The van der Waals surface area contributed by atoms with Gasteiger partial charge in [-0.05, 0) is 36.6 Å². The van der Waals surface area contributed by atoms with Gasteiger partial charge in [-0.2, -0.15) is 0 Å². The molecule has 0 unspecified atom stereocenters. The summed E-state index contributed by atoms with van der Waals surface area (Å²) in [7, 11) is 5.80. The maximum absolute atomic E-state index is 6.16. The number of aromatic nitrogens is 1. The summed E-state index contributed by atoms with van der Waals surface area (Å²) >= 11 is 6.16. The van der Waals surface area contributed by atoms with Crippen molar-refractivity contribution in [1.82, 2.24) is 15.6 Å². The number of halogens is 1. The normalized spacial score (nSPS) is 15.5. The molecule has 0 bridgehead atoms. The first-order valence-corrected chi connectivity index (χ1v) is 9.24. The number of rotatable bonds is 6. The number of nitrogens with zero attached hydrogens (tertiary/aromatic N) is 3. The molecule has 1 saturated carbocycles. The predicted octanol–water partition coefficient (Wildman–Crippen LogP) is 3.20. The van der Waals surface area contributed by atoms with Gasteiger partial charge in [-0.25, -0.2) is 4.98 Å². The second kappa shape index (κ2) is 7.96. The van der Waals surface area contributed by atoms with Gasteiger partial charge in [-0.3, -0.25) is 4.99 Å². The molecule has 1 aliphatic carbocycles. The summed E-state index contributed by atoms with van der Waals surface area (Å²) in [5.41, 5.74) is 2.61. The minimum atomic E-state index is 0.172. The average Bonchev–Trinajstić information content (AvgIpc) is 3.43. The van der Waals surface area contributed by atoms with Crippen LogP contribution in [-0.2, 0) is 12.0 Å². The van der Waals surface area contributed by atoms with Crippen molar-refractivity contribution in [3.05, 3.63) is 58.7 Å². The summed E-state index contributed by atoms with van der Waals surface area (Å²) in [6, 6.07) is 12.2. The van der Waals surface area contributed by atoms with E-state index < -0.39 is 0 Å². The first-order valence-electron chi connectivity index (χ1n) is 8.86. The maximum atomic E-state index is 6.16. The predicted molar refractivity (Wildman–Crippen MR) is 109 cm³/mol. The molecular weight excluding hydrogens is 346 g/mol. The SMILES string of the molecule is CN=C(NCc1cccnc1N(C)C)NCC1(c2cccc(Cl)c2)CC1. The van der Waals surface area contributed by atoms with Crippen molar-refractivity contribution in [2.75, 3.05) is 32.6 Å². The summed E-state index contributed by atoms with van der Waals surface area (Å²) in [4.78, 5) is 10.8. The van der Waals surface area contributed by atoms with E-state index in [0.29, 0.717) is 6.54 Å². The van der Waals surface area contributed by atoms with Crippen molar-refractivity contribution in [2.24, 2.45) is 4.99 Å². The molecule has 1 fully saturated rings. The fraction of sp³-hybridized carbons (Fsp3) is 0.400. The van der Waals surface area contributed by atoms with Crippen molar-refractivity contribution in [3.8, 4) is 0 Å². The summed E-state index contributed by atoms with van der Waals surface area (Å²) in [5.74, 6) is 1.76. The van der Waals surface area contributed by atoms with E-state index in [9.17, 15) is 0 Å². The molecule has 0 amide bonds. The number of pyridine rings is 1. The molecule has 2 aromatic rings. The Morgan fingerprint density at radius 3 is 2.69 bits per heavy atom. The molecule has 0 saturated heterocycles. The molecule has 1 aromatic heterocycles. The van der Waals surface area contributed by atoms with Gasteiger partial charge < -0.3 is 15.5 Å². The highest BCUT2D eigenvalue weighted by molar-refractivity contribution is 6.30. The van der Waals surface area contributed by atoms with Crippen LogP contribution in [0.4, 0.5) is 5.82 Å². The summed E-state index contributed by atoms with van der Waals surface area (Å²) in [6.45, 7) is 1.52. The topological polar surface area (TPSA) is 52.6 Å². The second-order valence-corrected chi connectivity index (χ2v) is 7.39. The molecule has 3 rings (SSSR count). The summed E-state index contributed by atoms with van der Waals surface area (Å²) in [6.07, 6.45) is 4.16. The van der Waals surface area contributed by atoms with E-state index in [4.69, 9.17) is 11.6 Å². The molecule has 6 heteroatoms. The molecule has 1 heterocycles. The van der Waals surface area contributed by atoms with Gasteiger partial charge in [0, 0.05) is 56.4 Å². The zero-order chi connectivity index (χ0) is 18.6. The van der Waals surface area contributed by atoms with Crippen LogP contribution in [0.3, 0.4) is 0 Å². The van der Waals surface area contributed by atoms with Gasteiger partial charge in [-0.15, -0.1) is 0 Å². The molecule has 1 aliphatic rings. The molecule has 5 nitrogen and oxygen atoms in total. The van der Waals surface area contributed by atoms with Gasteiger partial charge >= 0.3 is 0 Å². The number of anilines is 1. The standard InChI is InChI=1S/C20H26ClN5/c1-22-19(24-13-15-6-5-11-23-18(15)26(2)3)25-14-20(9-10-20)16-7-4-8-17(21)12-16/h4-8,11-12H,9-10,13-14H2,1-3H3,(H2,22,24,25). The van der Waals surface area contributed by atoms with Crippen LogP contribution in [0.25, 0.3) is 0 Å². The lowest BCUT2D eigenvalue weighted by molar-refractivity contribution is 0.645. The van der Waals surface area contributed by atoms with E-state index in [0.717, 1.165) is 28.9 Å². The van der Waals surface area contributed by atoms with Gasteiger partial charge in [0.1, 0.15) is 5.82 Å². The third-order valence-electron chi connectivity index (χ3n) is 4.85. The molecule has 26 heavy (non-hydrogen) atoms. The largest absolute Gasteiger partial charge is 0.362 e. The van der Waals surface area contributed by atoms with Crippen molar-refractivity contribution in [3.63, 3.8) is 0 Å². The zero-order valence-electron chi connectivity index (χ0n) is 15.6. The minimum absolute atomic E-state index is 0.172. The van der Waals surface area contributed by atoms with Crippen LogP contribution in [-0.4, -0.2) is 38.6 Å². The summed E-state index contributed by atoms with van der Waals surface area (Å²) in [5, 5.41) is 7.66. The van der Waals surface area contributed by atoms with Gasteiger partial charge in [-0.1, -0.05) is 29.8 Å². The second-order valence-electron chi connectivity index (χ2n) is 6.95. The number of guanidine groups is 1. The molecule has 2 N–H and O–H groups in total. The van der Waals surface area contributed by atoms with E-state index in [-0.39, 0.29) is 5.41 Å². The van der Waals surface area contributed by atoms with Crippen LogP contribution in [0.15, 0.2) is 47.6 Å². The Morgan fingerprint density at radius 2 is 2.04 bits per heavy atom.